The van der Waals surface area contributed by atoms with Crippen LogP contribution in [0.15, 0.2) is 55.2 Å². The van der Waals surface area contributed by atoms with Crippen LogP contribution in [0.3, 0.4) is 0 Å². The largest absolute Gasteiger partial charge is 0.457 e. The van der Waals surface area contributed by atoms with E-state index in [0.717, 1.165) is 37.1 Å². The summed E-state index contributed by atoms with van der Waals surface area (Å²) in [7, 11) is 0. The Morgan fingerprint density at radius 1 is 1.07 bits per heavy atom. The van der Waals surface area contributed by atoms with Crippen molar-refractivity contribution in [1.82, 2.24) is 34.4 Å². The maximum atomic E-state index is 15.4. The van der Waals surface area contributed by atoms with Crippen LogP contribution < -0.4 is 10.1 Å². The summed E-state index contributed by atoms with van der Waals surface area (Å²) in [6.07, 6.45) is 7.09. The molecule has 11 nitrogen and oxygen atoms in total. The molecule has 226 valence electrons. The summed E-state index contributed by atoms with van der Waals surface area (Å²) in [4.78, 5) is 32.7. The molecule has 0 unspecified atom stereocenters. The molecule has 1 amide bonds. The number of rotatable bonds is 5. The fourth-order valence-electron chi connectivity index (χ4n) is 6.31. The molecule has 7 rings (SSSR count). The summed E-state index contributed by atoms with van der Waals surface area (Å²) in [6.45, 7) is 8.23. The van der Waals surface area contributed by atoms with E-state index in [9.17, 15) is 4.79 Å². The molecule has 0 bridgehead atoms. The average Bonchev–Trinajstić information content (AvgIpc) is 3.71. The van der Waals surface area contributed by atoms with Crippen LogP contribution in [0.1, 0.15) is 57.2 Å². The molecule has 2 fully saturated rings. The molecule has 12 heteroatoms. The molecule has 4 aromatic heterocycles. The number of carbonyl (C=O) groups excluding carboxylic acids is 1. The number of carbonyl (C=O) groups is 1. The van der Waals surface area contributed by atoms with Gasteiger partial charge in [-0.1, -0.05) is 0 Å². The van der Waals surface area contributed by atoms with Crippen molar-refractivity contribution in [3.8, 4) is 11.5 Å². The molecule has 1 saturated heterocycles. The summed E-state index contributed by atoms with van der Waals surface area (Å²) < 4.78 is 28.7. The molecule has 1 aliphatic carbocycles. The quantitative estimate of drug-likeness (QED) is 0.241. The van der Waals surface area contributed by atoms with Crippen LogP contribution in [-0.4, -0.2) is 58.7 Å². The third-order valence-electron chi connectivity index (χ3n) is 8.35. The topological polar surface area (TPSA) is 120 Å². The summed E-state index contributed by atoms with van der Waals surface area (Å²) in [6, 6.07) is 10.6. The number of halogens is 1. The number of hydrogen-bond acceptors (Lipinski definition) is 9. The maximum Gasteiger partial charge on any atom is 0.410 e. The fourth-order valence-corrected chi connectivity index (χ4v) is 6.31. The van der Waals surface area contributed by atoms with Gasteiger partial charge in [0.2, 0.25) is 0 Å². The van der Waals surface area contributed by atoms with E-state index in [1.54, 1.807) is 28.9 Å². The molecule has 5 heterocycles. The smallest absolute Gasteiger partial charge is 0.410 e. The first-order valence-electron chi connectivity index (χ1n) is 14.8. The number of likely N-dealkylation sites (tertiary alicyclic amines) is 1. The van der Waals surface area contributed by atoms with E-state index < -0.39 is 11.4 Å². The van der Waals surface area contributed by atoms with Gasteiger partial charge in [-0.2, -0.15) is 5.10 Å². The Kier molecular flexibility index (Phi) is 6.79. The number of aromatic nitrogens is 6. The van der Waals surface area contributed by atoms with Crippen LogP contribution in [0.5, 0.6) is 11.5 Å². The first kappa shape index (κ1) is 27.9. The van der Waals surface area contributed by atoms with E-state index in [1.807, 2.05) is 44.7 Å². The highest BCUT2D eigenvalue weighted by molar-refractivity contribution is 5.87. The van der Waals surface area contributed by atoms with Gasteiger partial charge in [0.25, 0.3) is 0 Å². The number of nitrogens with one attached hydrogen (secondary N) is 1. The highest BCUT2D eigenvalue weighted by Crippen LogP contribution is 2.46. The van der Waals surface area contributed by atoms with E-state index in [4.69, 9.17) is 14.5 Å². The van der Waals surface area contributed by atoms with Gasteiger partial charge in [0, 0.05) is 42.5 Å². The van der Waals surface area contributed by atoms with Crippen molar-refractivity contribution in [2.75, 3.05) is 11.9 Å². The third kappa shape index (κ3) is 5.36. The minimum Gasteiger partial charge on any atom is -0.457 e. The van der Waals surface area contributed by atoms with E-state index in [1.165, 1.54) is 18.7 Å². The van der Waals surface area contributed by atoms with Crippen molar-refractivity contribution < 1.29 is 18.7 Å². The molecule has 1 aliphatic heterocycles. The van der Waals surface area contributed by atoms with Crippen LogP contribution in [0.2, 0.25) is 0 Å². The van der Waals surface area contributed by atoms with Crippen molar-refractivity contribution in [3.63, 3.8) is 0 Å². The van der Waals surface area contributed by atoms with Crippen molar-refractivity contribution >= 4 is 34.3 Å². The van der Waals surface area contributed by atoms with Gasteiger partial charge in [0.05, 0.1) is 11.2 Å². The highest BCUT2D eigenvalue weighted by atomic mass is 19.1. The second-order valence-electron chi connectivity index (χ2n) is 12.5. The van der Waals surface area contributed by atoms with Gasteiger partial charge < -0.3 is 19.7 Å². The second kappa shape index (κ2) is 10.7. The number of benzene rings is 1. The molecule has 3 atom stereocenters. The minimum absolute atomic E-state index is 0.132. The molecule has 44 heavy (non-hydrogen) atoms. The Bertz CT molecular complexity index is 1890. The predicted molar refractivity (Wildman–Crippen MR) is 162 cm³/mol. The summed E-state index contributed by atoms with van der Waals surface area (Å²) in [5.74, 6) is 1.41. The van der Waals surface area contributed by atoms with Gasteiger partial charge in [-0.25, -0.2) is 33.6 Å². The lowest BCUT2D eigenvalue weighted by Gasteiger charge is -2.28. The van der Waals surface area contributed by atoms with Gasteiger partial charge in [-0.15, -0.1) is 0 Å². The van der Waals surface area contributed by atoms with Crippen molar-refractivity contribution in [1.29, 1.82) is 0 Å². The number of anilines is 2. The van der Waals surface area contributed by atoms with Gasteiger partial charge in [0.1, 0.15) is 41.1 Å². The van der Waals surface area contributed by atoms with Crippen LogP contribution in [-0.2, 0) is 4.74 Å². The third-order valence-corrected chi connectivity index (χ3v) is 8.35. The Hall–Kier alpha value is -4.87. The van der Waals surface area contributed by atoms with E-state index in [0.29, 0.717) is 39.9 Å². The molecule has 0 spiro atoms. The monoisotopic (exact) mass is 596 g/mol. The Morgan fingerprint density at radius 2 is 1.93 bits per heavy atom. The van der Waals surface area contributed by atoms with Crippen LogP contribution in [0.25, 0.3) is 16.7 Å². The Labute approximate surface area is 253 Å². The number of fused-ring (bicyclic) bond motifs is 3. The number of aryl methyl sites for hydroxylation is 1. The number of pyridine rings is 2. The first-order valence-corrected chi connectivity index (χ1v) is 14.8. The zero-order valence-corrected chi connectivity index (χ0v) is 25.0. The Morgan fingerprint density at radius 3 is 2.77 bits per heavy atom. The van der Waals surface area contributed by atoms with Gasteiger partial charge in [0.15, 0.2) is 11.5 Å². The summed E-state index contributed by atoms with van der Waals surface area (Å²) in [5, 5.41) is 7.21. The summed E-state index contributed by atoms with van der Waals surface area (Å²) >= 11 is 0. The Balaban J connectivity index is 1.11. The lowest BCUT2D eigenvalue weighted by Crippen LogP contribution is -2.40. The number of nitrogens with zero attached hydrogens (tertiary/aromatic N) is 7. The second-order valence-corrected chi connectivity index (χ2v) is 12.5. The van der Waals surface area contributed by atoms with E-state index in [-0.39, 0.29) is 23.7 Å². The highest BCUT2D eigenvalue weighted by Gasteiger charge is 2.46. The molecule has 2 aliphatic rings. The summed E-state index contributed by atoms with van der Waals surface area (Å²) in [5.41, 5.74) is 3.20. The van der Waals surface area contributed by atoms with E-state index in [2.05, 4.69) is 25.4 Å². The van der Waals surface area contributed by atoms with Crippen LogP contribution in [0.4, 0.5) is 20.7 Å². The lowest BCUT2D eigenvalue weighted by atomic mass is 9.99. The standard InChI is InChI=1S/C32H33FN8O3/c1-18-11-25(22(33)15-27(18)43-21-8-10-41-28(14-21)35-17-37-41)39-30-29-24(34-16-36-30)6-5-23(38-29)20-12-19-7-9-40(26(19)13-20)31(42)44-32(2,3)4/h5-6,8,10-11,14-17,19-20,26H,7,9,12-13H2,1-4H3,(H,34,36,39)/t19-,20-,26+/m0/s1. The van der Waals surface area contributed by atoms with Gasteiger partial charge in [-0.05, 0) is 82.7 Å². The molecule has 1 N–H and O–H groups in total. The predicted octanol–water partition coefficient (Wildman–Crippen LogP) is 6.55. The number of amides is 1. The molecule has 5 aromatic rings. The molecular weight excluding hydrogens is 563 g/mol. The van der Waals surface area contributed by atoms with E-state index >= 15 is 4.39 Å². The number of ether oxygens (including phenoxy) is 2. The lowest BCUT2D eigenvalue weighted by molar-refractivity contribution is 0.0217. The van der Waals surface area contributed by atoms with Crippen LogP contribution in [0, 0.1) is 18.7 Å². The van der Waals surface area contributed by atoms with Gasteiger partial charge >= 0.3 is 6.09 Å². The van der Waals surface area contributed by atoms with Crippen molar-refractivity contribution in [2.45, 2.75) is 64.5 Å². The molecular formula is C32H33FN8O3. The minimum atomic E-state index is -0.532. The molecule has 1 saturated carbocycles. The zero-order valence-electron chi connectivity index (χ0n) is 25.0. The van der Waals surface area contributed by atoms with Crippen molar-refractivity contribution in [3.05, 3.63) is 72.3 Å². The van der Waals surface area contributed by atoms with Crippen LogP contribution >= 0.6 is 0 Å². The maximum absolute atomic E-state index is 15.4. The first-order chi connectivity index (χ1) is 21.1. The average molecular weight is 597 g/mol. The molecule has 0 radical (unpaired) electrons. The normalized spacial score (nSPS) is 19.8. The number of hydrogen-bond donors (Lipinski definition) is 1. The van der Waals surface area contributed by atoms with Crippen molar-refractivity contribution in [2.24, 2.45) is 5.92 Å². The zero-order chi connectivity index (χ0) is 30.6. The molecule has 1 aromatic carbocycles. The fraction of sp³-hybridized carbons (Fsp3) is 0.375. The van der Waals surface area contributed by atoms with Gasteiger partial charge in [-0.3, -0.25) is 0 Å². The SMILES string of the molecule is Cc1cc(Nc2ncnc3ccc([C@H]4C[C@@H]5CCN(C(=O)OC(C)(C)C)[C@@H]5C4)nc23)c(F)cc1Oc1ccn2ncnc2c1.